The molecule has 2 aromatic rings. The first kappa shape index (κ1) is 12.5. The first-order valence-electron chi connectivity index (χ1n) is 5.19. The Balaban J connectivity index is 1.96. The van der Waals surface area contributed by atoms with Crippen LogP contribution in [-0.2, 0) is 3.74 Å². The molecule has 2 N–H and O–H groups in total. The number of aromatic nitrogens is 1. The fourth-order valence-electron chi connectivity index (χ4n) is 1.34. The average molecular weight is 303 g/mol. The van der Waals surface area contributed by atoms with Gasteiger partial charge in [0.2, 0.25) is 0 Å². The Hall–Kier alpha value is -2.00. The molecule has 0 atom stereocenters. The van der Waals surface area contributed by atoms with Crippen LogP contribution in [0.2, 0.25) is 0 Å². The van der Waals surface area contributed by atoms with E-state index in [-0.39, 0.29) is 6.03 Å². The molecule has 0 aliphatic heterocycles. The first-order valence-corrected chi connectivity index (χ1v) is 6.90. The van der Waals surface area contributed by atoms with Crippen molar-refractivity contribution in [3.05, 3.63) is 48.8 Å². The molecule has 1 aromatic heterocycles. The van der Waals surface area contributed by atoms with Crippen LogP contribution in [0.3, 0.4) is 0 Å². The SMILES string of the molecule is O=[As]c1ccc(NC(=O)Nc2cccnc2)cc1. The van der Waals surface area contributed by atoms with E-state index in [1.54, 1.807) is 48.8 Å². The number of hydrogen-bond donors (Lipinski definition) is 2. The van der Waals surface area contributed by atoms with Crippen molar-refractivity contribution in [1.82, 2.24) is 4.98 Å². The summed E-state index contributed by atoms with van der Waals surface area (Å²) in [5, 5.41) is 5.32. The molecule has 2 amide bonds. The number of pyridine rings is 1. The minimum atomic E-state index is -1.02. The zero-order valence-corrected chi connectivity index (χ0v) is 11.2. The summed E-state index contributed by atoms with van der Waals surface area (Å²) in [5.74, 6) is 0. The maximum absolute atomic E-state index is 11.6. The molecule has 1 aromatic carbocycles. The Labute approximate surface area is 111 Å². The van der Waals surface area contributed by atoms with Gasteiger partial charge in [0.15, 0.2) is 0 Å². The Kier molecular flexibility index (Phi) is 4.20. The molecule has 0 bridgehead atoms. The second-order valence-electron chi connectivity index (χ2n) is 3.46. The molecule has 0 fully saturated rings. The maximum atomic E-state index is 11.6. The summed E-state index contributed by atoms with van der Waals surface area (Å²) in [6.45, 7) is 0. The van der Waals surface area contributed by atoms with Crippen LogP contribution >= 0.6 is 0 Å². The van der Waals surface area contributed by atoms with Crippen LogP contribution in [0.15, 0.2) is 48.8 Å². The summed E-state index contributed by atoms with van der Waals surface area (Å²) < 4.78 is 11.5. The second kappa shape index (κ2) is 6.07. The summed E-state index contributed by atoms with van der Waals surface area (Å²) in [6, 6.07) is 10.0. The van der Waals surface area contributed by atoms with E-state index in [0.29, 0.717) is 11.4 Å². The van der Waals surface area contributed by atoms with Gasteiger partial charge in [-0.3, -0.25) is 0 Å². The first-order chi connectivity index (χ1) is 8.78. The predicted molar refractivity (Wildman–Crippen MR) is 69.4 cm³/mol. The fourth-order valence-corrected chi connectivity index (χ4v) is 1.90. The van der Waals surface area contributed by atoms with Gasteiger partial charge in [-0.1, -0.05) is 0 Å². The van der Waals surface area contributed by atoms with E-state index in [9.17, 15) is 8.53 Å². The molecule has 0 unspecified atom stereocenters. The van der Waals surface area contributed by atoms with Gasteiger partial charge < -0.3 is 0 Å². The van der Waals surface area contributed by atoms with E-state index >= 15 is 0 Å². The van der Waals surface area contributed by atoms with Gasteiger partial charge in [-0.25, -0.2) is 0 Å². The van der Waals surface area contributed by atoms with Crippen LogP contribution in [0, 0.1) is 0 Å². The number of amides is 2. The molecule has 0 spiro atoms. The molecule has 0 saturated carbocycles. The molecule has 18 heavy (non-hydrogen) atoms. The molecule has 1 heterocycles. The molecule has 2 rings (SSSR count). The van der Waals surface area contributed by atoms with Crippen molar-refractivity contribution < 1.29 is 8.53 Å². The second-order valence-corrected chi connectivity index (χ2v) is 4.93. The van der Waals surface area contributed by atoms with Crippen molar-refractivity contribution in [3.63, 3.8) is 0 Å². The molecular weight excluding hydrogens is 293 g/mol. The van der Waals surface area contributed by atoms with Crippen LogP contribution in [-0.4, -0.2) is 26.7 Å². The number of nitrogens with one attached hydrogen (secondary N) is 2. The Morgan fingerprint density at radius 3 is 2.39 bits per heavy atom. The van der Waals surface area contributed by atoms with Gasteiger partial charge in [-0.15, -0.1) is 0 Å². The van der Waals surface area contributed by atoms with Crippen molar-refractivity contribution >= 4 is 37.4 Å². The quantitative estimate of drug-likeness (QED) is 0.842. The van der Waals surface area contributed by atoms with Crippen LogP contribution in [0.4, 0.5) is 16.2 Å². The third-order valence-electron chi connectivity index (χ3n) is 2.15. The number of anilines is 2. The third-order valence-corrected chi connectivity index (χ3v) is 3.22. The van der Waals surface area contributed by atoms with Crippen LogP contribution in [0.5, 0.6) is 0 Å². The van der Waals surface area contributed by atoms with E-state index in [0.717, 1.165) is 4.35 Å². The molecule has 90 valence electrons. The molecule has 0 radical (unpaired) electrons. The van der Waals surface area contributed by atoms with Gasteiger partial charge in [0.25, 0.3) is 0 Å². The summed E-state index contributed by atoms with van der Waals surface area (Å²) in [4.78, 5) is 15.5. The summed E-state index contributed by atoms with van der Waals surface area (Å²) in [6.07, 6.45) is 3.19. The minimum absolute atomic E-state index is 0.342. The Bertz CT molecular complexity index is 543. The van der Waals surface area contributed by atoms with Gasteiger partial charge in [-0.2, -0.15) is 0 Å². The van der Waals surface area contributed by atoms with Crippen molar-refractivity contribution in [2.45, 2.75) is 0 Å². The van der Waals surface area contributed by atoms with Gasteiger partial charge in [0.1, 0.15) is 0 Å². The van der Waals surface area contributed by atoms with Crippen LogP contribution < -0.4 is 15.0 Å². The Morgan fingerprint density at radius 2 is 1.78 bits per heavy atom. The molecule has 5 nitrogen and oxygen atoms in total. The van der Waals surface area contributed by atoms with Crippen molar-refractivity contribution in [2.75, 3.05) is 10.6 Å². The third kappa shape index (κ3) is 3.50. The number of urea groups is 1. The fraction of sp³-hybridized carbons (Fsp3) is 0. The normalized spacial score (nSPS) is 10.0. The molecular formula is C12H10AsN3O2. The summed E-state index contributed by atoms with van der Waals surface area (Å²) in [7, 11) is 0. The molecule has 0 aliphatic rings. The zero-order chi connectivity index (χ0) is 12.8. The van der Waals surface area contributed by atoms with E-state index in [1.807, 2.05) is 0 Å². The average Bonchev–Trinajstić information content (AvgIpc) is 2.40. The van der Waals surface area contributed by atoms with E-state index in [1.165, 1.54) is 0 Å². The van der Waals surface area contributed by atoms with Crippen molar-refractivity contribution in [3.8, 4) is 0 Å². The molecule has 0 saturated heterocycles. The monoisotopic (exact) mass is 303 g/mol. The van der Waals surface area contributed by atoms with E-state index in [2.05, 4.69) is 15.6 Å². The van der Waals surface area contributed by atoms with Gasteiger partial charge >= 0.3 is 110 Å². The van der Waals surface area contributed by atoms with Crippen molar-refractivity contribution in [2.24, 2.45) is 0 Å². The van der Waals surface area contributed by atoms with E-state index in [4.69, 9.17) is 0 Å². The van der Waals surface area contributed by atoms with Crippen molar-refractivity contribution in [1.29, 1.82) is 0 Å². The van der Waals surface area contributed by atoms with E-state index < -0.39 is 15.7 Å². The predicted octanol–water partition coefficient (Wildman–Crippen LogP) is 1.40. The summed E-state index contributed by atoms with van der Waals surface area (Å²) in [5.41, 5.74) is 1.27. The summed E-state index contributed by atoms with van der Waals surface area (Å²) >= 11 is -1.02. The van der Waals surface area contributed by atoms with Gasteiger partial charge in [0, 0.05) is 0 Å². The number of hydrogen-bond acceptors (Lipinski definition) is 3. The number of rotatable bonds is 3. The number of carbonyl (C=O) groups excluding carboxylic acids is 1. The van der Waals surface area contributed by atoms with Crippen LogP contribution in [0.25, 0.3) is 0 Å². The van der Waals surface area contributed by atoms with Crippen LogP contribution in [0.1, 0.15) is 0 Å². The molecule has 0 aliphatic carbocycles. The number of nitrogens with zero attached hydrogens (tertiary/aromatic N) is 1. The standard InChI is InChI=1S/C12H10AsN3O2/c17-12(16-11-2-1-7-14-8-11)15-10-5-3-9(13-18)4-6-10/h1-8H,(H2,15,16,17). The zero-order valence-electron chi connectivity index (χ0n) is 9.33. The molecule has 6 heteroatoms. The van der Waals surface area contributed by atoms with Gasteiger partial charge in [-0.05, 0) is 0 Å². The number of benzene rings is 1. The number of carbonyl (C=O) groups is 1. The van der Waals surface area contributed by atoms with Gasteiger partial charge in [0.05, 0.1) is 0 Å². The Morgan fingerprint density at radius 1 is 1.06 bits per heavy atom. The topological polar surface area (TPSA) is 71.1 Å².